The van der Waals surface area contributed by atoms with Gasteiger partial charge in [-0.15, -0.1) is 0 Å². The highest BCUT2D eigenvalue weighted by Crippen LogP contribution is 2.26. The average Bonchev–Trinajstić information content (AvgIpc) is 2.49. The Labute approximate surface area is 117 Å². The molecule has 0 spiro atoms. The number of nitrogen functional groups attached to an aromatic ring is 1. The van der Waals surface area contributed by atoms with E-state index in [1.54, 1.807) is 38.8 Å². The number of anilines is 2. The van der Waals surface area contributed by atoms with Crippen molar-refractivity contribution in [3.8, 4) is 11.5 Å². The van der Waals surface area contributed by atoms with Crippen LogP contribution < -0.4 is 20.6 Å². The minimum absolute atomic E-state index is 0.611. The average molecular weight is 272 g/mol. The summed E-state index contributed by atoms with van der Waals surface area (Å²) < 4.78 is 10.4. The zero-order valence-electron chi connectivity index (χ0n) is 11.3. The van der Waals surface area contributed by atoms with Crippen molar-refractivity contribution in [1.82, 2.24) is 4.98 Å². The molecule has 1 aromatic heterocycles. The van der Waals surface area contributed by atoms with E-state index in [-0.39, 0.29) is 0 Å². The molecule has 3 N–H and O–H groups in total. The number of ether oxygens (including phenoxy) is 2. The lowest BCUT2D eigenvalue weighted by Gasteiger charge is -2.07. The SMILES string of the molecule is COc1ccc(C=NNc2ccc(N)cn2)cc1OC. The molecule has 0 unspecified atom stereocenters. The van der Waals surface area contributed by atoms with Crippen LogP contribution >= 0.6 is 0 Å². The lowest BCUT2D eigenvalue weighted by atomic mass is 10.2. The Morgan fingerprint density at radius 2 is 1.95 bits per heavy atom. The Kier molecular flexibility index (Phi) is 4.39. The molecular formula is C14H16N4O2. The van der Waals surface area contributed by atoms with Crippen molar-refractivity contribution in [1.29, 1.82) is 0 Å². The molecule has 0 bridgehead atoms. The van der Waals surface area contributed by atoms with Gasteiger partial charge in [0.2, 0.25) is 0 Å². The van der Waals surface area contributed by atoms with Gasteiger partial charge >= 0.3 is 0 Å². The van der Waals surface area contributed by atoms with Gasteiger partial charge in [-0.25, -0.2) is 4.98 Å². The van der Waals surface area contributed by atoms with Gasteiger partial charge in [0.25, 0.3) is 0 Å². The van der Waals surface area contributed by atoms with E-state index in [1.165, 1.54) is 0 Å². The number of nitrogens with one attached hydrogen (secondary N) is 1. The highest BCUT2D eigenvalue weighted by atomic mass is 16.5. The van der Waals surface area contributed by atoms with Crippen LogP contribution in [0, 0.1) is 0 Å². The first-order chi connectivity index (χ1) is 9.72. The van der Waals surface area contributed by atoms with Crippen molar-refractivity contribution in [3.63, 3.8) is 0 Å². The highest BCUT2D eigenvalue weighted by Gasteiger charge is 2.02. The molecule has 0 saturated heterocycles. The number of hydrazone groups is 1. The van der Waals surface area contributed by atoms with E-state index in [2.05, 4.69) is 15.5 Å². The molecule has 104 valence electrons. The summed E-state index contributed by atoms with van der Waals surface area (Å²) in [6.07, 6.45) is 3.23. The standard InChI is InChI=1S/C14H16N4O2/c1-19-12-5-3-10(7-13(12)20-2)8-17-18-14-6-4-11(15)9-16-14/h3-9H,15H2,1-2H3,(H,16,18). The number of pyridine rings is 1. The van der Waals surface area contributed by atoms with Crippen LogP contribution in [0.1, 0.15) is 5.56 Å². The number of hydrogen-bond donors (Lipinski definition) is 2. The van der Waals surface area contributed by atoms with Crippen LogP contribution in [0.3, 0.4) is 0 Å². The highest BCUT2D eigenvalue weighted by molar-refractivity contribution is 5.81. The fourth-order valence-electron chi connectivity index (χ4n) is 1.58. The van der Waals surface area contributed by atoms with Gasteiger partial charge in [-0.3, -0.25) is 5.43 Å². The van der Waals surface area contributed by atoms with Crippen LogP contribution in [0.4, 0.5) is 11.5 Å². The number of rotatable bonds is 5. The van der Waals surface area contributed by atoms with Gasteiger partial charge in [0.15, 0.2) is 11.5 Å². The Bertz CT molecular complexity index is 597. The number of methoxy groups -OCH3 is 2. The Morgan fingerprint density at radius 3 is 2.60 bits per heavy atom. The first-order valence-corrected chi connectivity index (χ1v) is 5.95. The normalized spacial score (nSPS) is 10.5. The third-order valence-electron chi connectivity index (χ3n) is 2.59. The molecule has 6 heteroatoms. The van der Waals surface area contributed by atoms with Gasteiger partial charge in [-0.05, 0) is 35.9 Å². The summed E-state index contributed by atoms with van der Waals surface area (Å²) in [6.45, 7) is 0. The first-order valence-electron chi connectivity index (χ1n) is 5.95. The Balaban J connectivity index is 2.05. The summed E-state index contributed by atoms with van der Waals surface area (Å²) in [7, 11) is 3.19. The molecule has 0 atom stereocenters. The van der Waals surface area contributed by atoms with Crippen molar-refractivity contribution in [2.24, 2.45) is 5.10 Å². The van der Waals surface area contributed by atoms with E-state index < -0.39 is 0 Å². The van der Waals surface area contributed by atoms with Gasteiger partial charge in [0.1, 0.15) is 5.82 Å². The molecule has 0 aliphatic rings. The van der Waals surface area contributed by atoms with Gasteiger partial charge in [-0.1, -0.05) is 0 Å². The Morgan fingerprint density at radius 1 is 1.15 bits per heavy atom. The Hall–Kier alpha value is -2.76. The number of nitrogens with two attached hydrogens (primary N) is 1. The van der Waals surface area contributed by atoms with Gasteiger partial charge < -0.3 is 15.2 Å². The fourth-order valence-corrected chi connectivity index (χ4v) is 1.58. The summed E-state index contributed by atoms with van der Waals surface area (Å²) in [4.78, 5) is 4.08. The number of aromatic nitrogens is 1. The monoisotopic (exact) mass is 272 g/mol. The van der Waals surface area contributed by atoms with E-state index >= 15 is 0 Å². The molecule has 1 heterocycles. The van der Waals surface area contributed by atoms with E-state index in [0.717, 1.165) is 5.56 Å². The quantitative estimate of drug-likeness (QED) is 0.643. The van der Waals surface area contributed by atoms with E-state index in [1.807, 2.05) is 18.2 Å². The lowest BCUT2D eigenvalue weighted by Crippen LogP contribution is -1.95. The summed E-state index contributed by atoms with van der Waals surface area (Å²) in [5, 5.41) is 4.10. The predicted molar refractivity (Wildman–Crippen MR) is 79.4 cm³/mol. The van der Waals surface area contributed by atoms with Crippen LogP contribution in [0.25, 0.3) is 0 Å². The fraction of sp³-hybridized carbons (Fsp3) is 0.143. The number of benzene rings is 1. The van der Waals surface area contributed by atoms with Crippen molar-refractivity contribution in [2.75, 3.05) is 25.4 Å². The largest absolute Gasteiger partial charge is 0.493 e. The van der Waals surface area contributed by atoms with Crippen molar-refractivity contribution >= 4 is 17.7 Å². The molecule has 2 rings (SSSR count). The zero-order valence-corrected chi connectivity index (χ0v) is 11.3. The molecule has 6 nitrogen and oxygen atoms in total. The molecule has 0 aliphatic heterocycles. The molecular weight excluding hydrogens is 256 g/mol. The molecule has 0 amide bonds. The van der Waals surface area contributed by atoms with E-state index in [0.29, 0.717) is 23.0 Å². The van der Waals surface area contributed by atoms with Crippen LogP contribution in [-0.4, -0.2) is 25.4 Å². The molecule has 1 aromatic carbocycles. The molecule has 0 fully saturated rings. The van der Waals surface area contributed by atoms with Crippen LogP contribution in [0.15, 0.2) is 41.6 Å². The topological polar surface area (TPSA) is 81.8 Å². The number of hydrogen-bond acceptors (Lipinski definition) is 6. The van der Waals surface area contributed by atoms with E-state index in [9.17, 15) is 0 Å². The first kappa shape index (κ1) is 13.7. The minimum Gasteiger partial charge on any atom is -0.493 e. The summed E-state index contributed by atoms with van der Waals surface area (Å²) in [6, 6.07) is 9.04. The second-order valence-corrected chi connectivity index (χ2v) is 3.96. The summed E-state index contributed by atoms with van der Waals surface area (Å²) in [5.74, 6) is 1.95. The molecule has 0 radical (unpaired) electrons. The predicted octanol–water partition coefficient (Wildman–Crippen LogP) is 2.13. The molecule has 2 aromatic rings. The molecule has 20 heavy (non-hydrogen) atoms. The summed E-state index contributed by atoms with van der Waals surface area (Å²) >= 11 is 0. The van der Waals surface area contributed by atoms with Crippen molar-refractivity contribution in [2.45, 2.75) is 0 Å². The maximum Gasteiger partial charge on any atom is 0.161 e. The third-order valence-corrected chi connectivity index (χ3v) is 2.59. The molecule has 0 saturated carbocycles. The van der Waals surface area contributed by atoms with Crippen LogP contribution in [0.5, 0.6) is 11.5 Å². The van der Waals surface area contributed by atoms with Crippen LogP contribution in [-0.2, 0) is 0 Å². The minimum atomic E-state index is 0.611. The maximum atomic E-state index is 5.55. The summed E-state index contributed by atoms with van der Waals surface area (Å²) in [5.41, 5.74) is 9.86. The number of nitrogens with zero attached hydrogens (tertiary/aromatic N) is 2. The van der Waals surface area contributed by atoms with Crippen molar-refractivity contribution in [3.05, 3.63) is 42.1 Å². The smallest absolute Gasteiger partial charge is 0.161 e. The lowest BCUT2D eigenvalue weighted by molar-refractivity contribution is 0.355. The molecule has 0 aliphatic carbocycles. The van der Waals surface area contributed by atoms with Gasteiger partial charge in [0.05, 0.1) is 32.3 Å². The second kappa shape index (κ2) is 6.42. The van der Waals surface area contributed by atoms with Gasteiger partial charge in [0, 0.05) is 0 Å². The zero-order chi connectivity index (χ0) is 14.4. The van der Waals surface area contributed by atoms with E-state index in [4.69, 9.17) is 15.2 Å². The van der Waals surface area contributed by atoms with Gasteiger partial charge in [-0.2, -0.15) is 5.10 Å². The van der Waals surface area contributed by atoms with Crippen LogP contribution in [0.2, 0.25) is 0 Å². The van der Waals surface area contributed by atoms with Crippen molar-refractivity contribution < 1.29 is 9.47 Å². The third kappa shape index (κ3) is 3.38. The second-order valence-electron chi connectivity index (χ2n) is 3.96. The maximum absolute atomic E-state index is 5.55.